The molecule has 2 N–H and O–H groups in total. The van der Waals surface area contributed by atoms with Gasteiger partial charge in [-0.2, -0.15) is 8.78 Å². The summed E-state index contributed by atoms with van der Waals surface area (Å²) >= 11 is 0. The fourth-order valence-electron chi connectivity index (χ4n) is 5.79. The largest absolute Gasteiger partial charge is 0.460 e. The molecular weight excluding hydrogens is 616 g/mol. The number of nitrogens with zero attached hydrogens (tertiary/aromatic N) is 6. The van der Waals surface area contributed by atoms with Crippen LogP contribution in [0.5, 0.6) is 5.75 Å². The molecule has 2 saturated heterocycles. The van der Waals surface area contributed by atoms with Crippen molar-refractivity contribution in [1.29, 1.82) is 0 Å². The fraction of sp³-hybridized carbons (Fsp3) is 0.406. The Morgan fingerprint density at radius 3 is 2.57 bits per heavy atom. The maximum absolute atomic E-state index is 13.4. The zero-order chi connectivity index (χ0) is 33.4. The molecule has 0 radical (unpaired) electrons. The first-order valence-electron chi connectivity index (χ1n) is 15.2. The van der Waals surface area contributed by atoms with Crippen molar-refractivity contribution in [2.24, 2.45) is 18.7 Å². The zero-order valence-corrected chi connectivity index (χ0v) is 26.1. The van der Waals surface area contributed by atoms with Gasteiger partial charge < -0.3 is 24.8 Å². The molecule has 2 atom stereocenters. The van der Waals surface area contributed by atoms with Crippen LogP contribution in [0.3, 0.4) is 0 Å². The van der Waals surface area contributed by atoms with Gasteiger partial charge in [-0.05, 0) is 41.3 Å². The molecule has 0 spiro atoms. The van der Waals surface area contributed by atoms with Crippen molar-refractivity contribution in [2.45, 2.75) is 45.7 Å². The predicted octanol–water partition coefficient (Wildman–Crippen LogP) is 3.11. The molecule has 6 rings (SSSR count). The lowest BCUT2D eigenvalue weighted by Gasteiger charge is -2.35. The minimum atomic E-state index is -3.07. The van der Waals surface area contributed by atoms with Gasteiger partial charge in [-0.25, -0.2) is 14.8 Å². The number of halogens is 2. The lowest BCUT2D eigenvalue weighted by Crippen LogP contribution is -2.52. The molecule has 0 aliphatic carbocycles. The van der Waals surface area contributed by atoms with Crippen LogP contribution >= 0.6 is 0 Å². The van der Waals surface area contributed by atoms with E-state index in [1.165, 1.54) is 16.8 Å². The summed E-state index contributed by atoms with van der Waals surface area (Å²) in [5.74, 6) is -0.222. The number of esters is 1. The number of amides is 1. The van der Waals surface area contributed by atoms with E-state index in [2.05, 4.69) is 9.97 Å². The Labute approximate surface area is 268 Å². The number of ether oxygens (including phenoxy) is 3. The fourth-order valence-corrected chi connectivity index (χ4v) is 5.79. The van der Waals surface area contributed by atoms with Crippen molar-refractivity contribution in [3.05, 3.63) is 70.3 Å². The Morgan fingerprint density at radius 2 is 1.85 bits per heavy atom. The minimum Gasteiger partial charge on any atom is -0.460 e. The molecule has 248 valence electrons. The highest BCUT2D eigenvalue weighted by molar-refractivity contribution is 5.84. The SMILES string of the molecule is CC(C)C(N)C(=O)OCc1ccc(OC(F)F)c(Cn2c3cc(-c4cnc(N5CCN6C(=O)OC[C@@H]6C5)nc4)ccc3c(=O)n2C)c1. The van der Waals surface area contributed by atoms with E-state index >= 15 is 0 Å². The third-order valence-electron chi connectivity index (χ3n) is 8.57. The first-order valence-corrected chi connectivity index (χ1v) is 15.2. The molecule has 0 saturated carbocycles. The molecule has 2 fully saturated rings. The van der Waals surface area contributed by atoms with Crippen LogP contribution in [0.25, 0.3) is 22.0 Å². The first kappa shape index (κ1) is 31.9. The van der Waals surface area contributed by atoms with Gasteiger partial charge in [0.2, 0.25) is 5.95 Å². The van der Waals surface area contributed by atoms with E-state index in [9.17, 15) is 23.2 Å². The quantitative estimate of drug-likeness (QED) is 0.254. The highest BCUT2D eigenvalue weighted by atomic mass is 19.3. The van der Waals surface area contributed by atoms with E-state index in [4.69, 9.17) is 19.9 Å². The van der Waals surface area contributed by atoms with Gasteiger partial charge in [-0.1, -0.05) is 26.0 Å². The number of piperazine rings is 1. The molecule has 13 nitrogen and oxygen atoms in total. The smallest absolute Gasteiger partial charge is 0.410 e. The van der Waals surface area contributed by atoms with E-state index in [1.54, 1.807) is 61.1 Å². The summed E-state index contributed by atoms with van der Waals surface area (Å²) in [5, 5.41) is 0.434. The zero-order valence-electron chi connectivity index (χ0n) is 26.1. The molecule has 1 amide bonds. The topological polar surface area (TPSA) is 147 Å². The maximum atomic E-state index is 13.4. The summed E-state index contributed by atoms with van der Waals surface area (Å²) < 4.78 is 45.1. The standard InChI is InChI=1S/C32H35F2N7O6/c1-18(2)27(35)29(43)45-16-19-4-7-26(47-30(33)34)21(10-19)14-41-25-11-20(5-6-24(25)28(42)38(41)3)22-12-36-31(37-13-22)39-8-9-40-23(15-39)17-46-32(40)44/h4-7,10-13,18,23,27,30H,8-9,14-17,35H2,1-3H3/t23-,27?/m0/s1. The van der Waals surface area contributed by atoms with E-state index in [1.807, 2.05) is 11.0 Å². The number of hydrogen-bond acceptors (Lipinski definition) is 10. The van der Waals surface area contributed by atoms with E-state index < -0.39 is 18.6 Å². The summed E-state index contributed by atoms with van der Waals surface area (Å²) in [7, 11) is 1.59. The van der Waals surface area contributed by atoms with Crippen LogP contribution in [0.2, 0.25) is 0 Å². The van der Waals surface area contributed by atoms with Crippen LogP contribution in [0.15, 0.2) is 53.6 Å². The second kappa shape index (κ2) is 13.0. The number of carbonyl (C=O) groups excluding carboxylic acids is 2. The Morgan fingerprint density at radius 1 is 1.09 bits per heavy atom. The van der Waals surface area contributed by atoms with Gasteiger partial charge in [-0.15, -0.1) is 0 Å². The highest BCUT2D eigenvalue weighted by Crippen LogP contribution is 2.28. The minimum absolute atomic E-state index is 0.00282. The van der Waals surface area contributed by atoms with Crippen molar-refractivity contribution in [3.63, 3.8) is 0 Å². The average Bonchev–Trinajstić information content (AvgIpc) is 3.55. The van der Waals surface area contributed by atoms with Crippen LogP contribution in [-0.2, 0) is 34.5 Å². The number of aromatic nitrogens is 4. The van der Waals surface area contributed by atoms with Gasteiger partial charge in [0.1, 0.15) is 25.0 Å². The number of anilines is 1. The number of hydrogen-bond donors (Lipinski definition) is 1. The molecule has 4 aromatic rings. The number of alkyl halides is 2. The lowest BCUT2D eigenvalue weighted by molar-refractivity contribution is -0.147. The van der Waals surface area contributed by atoms with Crippen molar-refractivity contribution in [3.8, 4) is 16.9 Å². The highest BCUT2D eigenvalue weighted by Gasteiger charge is 2.38. The average molecular weight is 652 g/mol. The van der Waals surface area contributed by atoms with Gasteiger partial charge in [0.05, 0.1) is 23.5 Å². The Kier molecular flexibility index (Phi) is 8.82. The lowest BCUT2D eigenvalue weighted by atomic mass is 10.1. The van der Waals surface area contributed by atoms with E-state index in [0.717, 1.165) is 5.56 Å². The Hall–Kier alpha value is -5.05. The molecule has 1 unspecified atom stereocenters. The van der Waals surface area contributed by atoms with Crippen LogP contribution in [0.4, 0.5) is 19.5 Å². The maximum Gasteiger partial charge on any atom is 0.410 e. The normalized spacial score (nSPS) is 16.9. The molecule has 2 aromatic heterocycles. The monoisotopic (exact) mass is 651 g/mol. The summed E-state index contributed by atoms with van der Waals surface area (Å²) in [6.07, 6.45) is 3.10. The number of nitrogens with two attached hydrogens (primary N) is 1. The molecule has 47 heavy (non-hydrogen) atoms. The molecule has 2 aromatic carbocycles. The van der Waals surface area contributed by atoms with Gasteiger partial charge in [0.25, 0.3) is 5.56 Å². The third-order valence-corrected chi connectivity index (χ3v) is 8.57. The molecule has 2 aliphatic heterocycles. The number of benzene rings is 2. The van der Waals surface area contributed by atoms with Crippen molar-refractivity contribution >= 4 is 28.9 Å². The van der Waals surface area contributed by atoms with Crippen molar-refractivity contribution < 1.29 is 32.6 Å². The second-order valence-corrected chi connectivity index (χ2v) is 12.0. The summed E-state index contributed by atoms with van der Waals surface area (Å²) in [6, 6.07) is 9.02. The Balaban J connectivity index is 1.27. The first-order chi connectivity index (χ1) is 22.5. The van der Waals surface area contributed by atoms with Gasteiger partial charge in [-0.3, -0.25) is 23.9 Å². The van der Waals surface area contributed by atoms with Crippen molar-refractivity contribution in [1.82, 2.24) is 24.2 Å². The number of carbonyl (C=O) groups is 2. The molecule has 2 aliphatic rings. The third kappa shape index (κ3) is 6.48. The van der Waals surface area contributed by atoms with Gasteiger partial charge >= 0.3 is 18.7 Å². The Bertz CT molecular complexity index is 1860. The molecule has 0 bridgehead atoms. The van der Waals surface area contributed by atoms with Gasteiger partial charge in [0, 0.05) is 50.2 Å². The predicted molar refractivity (Wildman–Crippen MR) is 167 cm³/mol. The number of cyclic esters (lactones) is 1. The van der Waals surface area contributed by atoms with Crippen LogP contribution in [-0.4, -0.2) is 81.2 Å². The molecule has 4 heterocycles. The van der Waals surface area contributed by atoms with E-state index in [0.29, 0.717) is 59.8 Å². The van der Waals surface area contributed by atoms with Crippen LogP contribution in [0, 0.1) is 5.92 Å². The summed E-state index contributed by atoms with van der Waals surface area (Å²) in [4.78, 5) is 50.2. The molecule has 15 heteroatoms. The van der Waals surface area contributed by atoms with E-state index in [-0.39, 0.29) is 42.5 Å². The van der Waals surface area contributed by atoms with Crippen molar-refractivity contribution in [2.75, 3.05) is 31.1 Å². The molecular formula is C32H35F2N7O6. The summed E-state index contributed by atoms with van der Waals surface area (Å²) in [5.41, 5.74) is 8.52. The number of fused-ring (bicyclic) bond motifs is 2. The summed E-state index contributed by atoms with van der Waals surface area (Å²) in [6.45, 7) is 2.45. The van der Waals surface area contributed by atoms with Crippen LogP contribution in [0.1, 0.15) is 25.0 Å². The van der Waals surface area contributed by atoms with Crippen LogP contribution < -0.4 is 20.9 Å². The number of rotatable bonds is 10. The van der Waals surface area contributed by atoms with Gasteiger partial charge in [0.15, 0.2) is 0 Å². The second-order valence-electron chi connectivity index (χ2n) is 12.0.